The predicted octanol–water partition coefficient (Wildman–Crippen LogP) is 4.80. The third-order valence-electron chi connectivity index (χ3n) is 6.48. The van der Waals surface area contributed by atoms with Gasteiger partial charge in [-0.05, 0) is 36.5 Å². The normalized spacial score (nSPS) is 19.4. The molecule has 3 N–H and O–H groups in total. The van der Waals surface area contributed by atoms with Gasteiger partial charge in [0.15, 0.2) is 0 Å². The van der Waals surface area contributed by atoms with Gasteiger partial charge in [-0.25, -0.2) is 4.98 Å². The standard InChI is InChI=1S/C26H34N4O2S2/c31-25(23-17-34-18-29-23)30-22(13-11-19-7-3-1-4-8-19)26(33)28-16-20-12-14-24(27-15-20)32-21-9-5-2-6-10-21/h2,5-6,9-10,12,14-15,19,22-23,29H,1,3-4,7-8,11,13,16-18H2,(H,28,33)(H,30,31)/t22-,23+/m1/s1. The summed E-state index contributed by atoms with van der Waals surface area (Å²) in [5.74, 6) is 3.74. The highest BCUT2D eigenvalue weighted by Crippen LogP contribution is 2.28. The van der Waals surface area contributed by atoms with Crippen LogP contribution in [0.5, 0.6) is 11.6 Å². The summed E-state index contributed by atoms with van der Waals surface area (Å²) >= 11 is 7.50. The van der Waals surface area contributed by atoms with Gasteiger partial charge in [0.05, 0.1) is 17.1 Å². The highest BCUT2D eigenvalue weighted by atomic mass is 32.2. The summed E-state index contributed by atoms with van der Waals surface area (Å²) in [5, 5.41) is 9.83. The molecule has 1 aromatic heterocycles. The van der Waals surface area contributed by atoms with Gasteiger partial charge in [-0.15, -0.1) is 11.8 Å². The van der Waals surface area contributed by atoms with E-state index in [1.54, 1.807) is 18.0 Å². The molecule has 2 atom stereocenters. The van der Waals surface area contributed by atoms with Crippen LogP contribution < -0.4 is 20.7 Å². The monoisotopic (exact) mass is 498 g/mol. The fourth-order valence-electron chi connectivity index (χ4n) is 4.48. The Hall–Kier alpha value is -2.16. The van der Waals surface area contributed by atoms with Crippen molar-refractivity contribution >= 4 is 34.9 Å². The van der Waals surface area contributed by atoms with Crippen LogP contribution in [0.25, 0.3) is 0 Å². The lowest BCUT2D eigenvalue weighted by Crippen LogP contribution is -2.51. The molecule has 0 unspecified atom stereocenters. The van der Waals surface area contributed by atoms with Gasteiger partial charge in [0.2, 0.25) is 11.8 Å². The van der Waals surface area contributed by atoms with E-state index in [2.05, 4.69) is 20.9 Å². The van der Waals surface area contributed by atoms with Gasteiger partial charge in [0, 0.05) is 30.4 Å². The number of thioether (sulfide) groups is 1. The van der Waals surface area contributed by atoms with Crippen molar-refractivity contribution in [2.24, 2.45) is 5.92 Å². The van der Waals surface area contributed by atoms with Crippen LogP contribution in [0.15, 0.2) is 48.7 Å². The minimum Gasteiger partial charge on any atom is -0.439 e. The van der Waals surface area contributed by atoms with Gasteiger partial charge in [0.25, 0.3) is 0 Å². The van der Waals surface area contributed by atoms with Crippen LogP contribution in [-0.4, -0.2) is 39.6 Å². The first kappa shape index (κ1) is 24.9. The summed E-state index contributed by atoms with van der Waals surface area (Å²) in [4.78, 5) is 17.9. The first-order valence-corrected chi connectivity index (χ1v) is 13.8. The number of pyridine rings is 1. The van der Waals surface area contributed by atoms with E-state index >= 15 is 0 Å². The molecule has 2 aliphatic rings. The number of amides is 1. The smallest absolute Gasteiger partial charge is 0.238 e. The Balaban J connectivity index is 1.30. The van der Waals surface area contributed by atoms with Crippen molar-refractivity contribution in [2.75, 3.05) is 11.6 Å². The average molecular weight is 499 g/mol. The number of thiocarbonyl (C=S) groups is 1. The Morgan fingerprint density at radius 3 is 2.71 bits per heavy atom. The Labute approximate surface area is 212 Å². The minimum absolute atomic E-state index is 0.0480. The molecule has 1 aliphatic carbocycles. The molecule has 2 aromatic rings. The van der Waals surface area contributed by atoms with Crippen LogP contribution >= 0.6 is 24.0 Å². The molecule has 6 nitrogen and oxygen atoms in total. The largest absolute Gasteiger partial charge is 0.439 e. The van der Waals surface area contributed by atoms with Crippen molar-refractivity contribution in [2.45, 2.75) is 63.6 Å². The van der Waals surface area contributed by atoms with E-state index in [1.165, 1.54) is 32.1 Å². The molecule has 0 bridgehead atoms. The number of carbonyl (C=O) groups excluding carboxylic acids is 1. The average Bonchev–Trinajstić information content (AvgIpc) is 3.42. The van der Waals surface area contributed by atoms with Gasteiger partial charge < -0.3 is 15.4 Å². The van der Waals surface area contributed by atoms with E-state index in [0.29, 0.717) is 17.4 Å². The number of para-hydroxylation sites is 1. The first-order chi connectivity index (χ1) is 16.7. The Bertz CT molecular complexity index is 914. The van der Waals surface area contributed by atoms with Crippen LogP contribution in [0.3, 0.4) is 0 Å². The van der Waals surface area contributed by atoms with Gasteiger partial charge in [-0.3, -0.25) is 10.1 Å². The zero-order chi connectivity index (χ0) is 23.6. The van der Waals surface area contributed by atoms with Gasteiger partial charge in [-0.1, -0.05) is 68.6 Å². The number of hydrogen-bond donors (Lipinski definition) is 3. The number of aromatic nitrogens is 1. The third-order valence-corrected chi connectivity index (χ3v) is 7.85. The maximum absolute atomic E-state index is 12.8. The van der Waals surface area contributed by atoms with Crippen molar-refractivity contribution in [3.63, 3.8) is 0 Å². The highest BCUT2D eigenvalue weighted by molar-refractivity contribution is 7.99. The predicted molar refractivity (Wildman–Crippen MR) is 142 cm³/mol. The second kappa shape index (κ2) is 13.1. The maximum atomic E-state index is 12.8. The second-order valence-corrected chi connectivity index (χ2v) is 10.5. The first-order valence-electron chi connectivity index (χ1n) is 12.2. The molecule has 4 rings (SSSR count). The summed E-state index contributed by atoms with van der Waals surface area (Å²) in [6.45, 7) is 0.560. The fourth-order valence-corrected chi connectivity index (χ4v) is 5.67. The molecule has 2 heterocycles. The number of rotatable bonds is 10. The van der Waals surface area contributed by atoms with E-state index < -0.39 is 0 Å². The summed E-state index contributed by atoms with van der Waals surface area (Å²) in [5.41, 5.74) is 1.01. The van der Waals surface area contributed by atoms with Crippen molar-refractivity contribution in [3.8, 4) is 11.6 Å². The number of hydrogen-bond acceptors (Lipinski definition) is 6. The molecule has 1 aromatic carbocycles. The molecule has 1 saturated heterocycles. The Morgan fingerprint density at radius 1 is 1.18 bits per heavy atom. The molecule has 1 amide bonds. The third kappa shape index (κ3) is 7.68. The van der Waals surface area contributed by atoms with Crippen LogP contribution in [0, 0.1) is 5.92 Å². The lowest BCUT2D eigenvalue weighted by atomic mass is 9.85. The Morgan fingerprint density at radius 2 is 2.00 bits per heavy atom. The number of carbonyl (C=O) groups is 1. The maximum Gasteiger partial charge on any atom is 0.238 e. The number of ether oxygens (including phenoxy) is 1. The van der Waals surface area contributed by atoms with Crippen LogP contribution in [0.4, 0.5) is 0 Å². The van der Waals surface area contributed by atoms with Gasteiger partial charge in [-0.2, -0.15) is 0 Å². The van der Waals surface area contributed by atoms with Crippen LogP contribution in [0.1, 0.15) is 50.5 Å². The molecule has 1 aliphatic heterocycles. The quantitative estimate of drug-likeness (QED) is 0.406. The molecule has 1 saturated carbocycles. The molecule has 8 heteroatoms. The molecule has 0 spiro atoms. The molecule has 34 heavy (non-hydrogen) atoms. The highest BCUT2D eigenvalue weighted by Gasteiger charge is 2.27. The number of benzene rings is 1. The van der Waals surface area contributed by atoms with E-state index in [4.69, 9.17) is 17.0 Å². The molecule has 182 valence electrons. The molecule has 0 radical (unpaired) electrons. The zero-order valence-electron chi connectivity index (χ0n) is 19.5. The van der Waals surface area contributed by atoms with E-state index in [1.807, 2.05) is 42.5 Å². The van der Waals surface area contributed by atoms with Crippen molar-refractivity contribution in [1.82, 2.24) is 20.9 Å². The lowest BCUT2D eigenvalue weighted by Gasteiger charge is -2.26. The molecular formula is C26H34N4O2S2. The second-order valence-electron chi connectivity index (χ2n) is 9.05. The minimum atomic E-state index is -0.148. The van der Waals surface area contributed by atoms with Crippen LogP contribution in [0.2, 0.25) is 0 Å². The summed E-state index contributed by atoms with van der Waals surface area (Å²) in [7, 11) is 0. The Kier molecular flexibility index (Phi) is 9.59. The SMILES string of the molecule is O=C(N[C@H](CCC1CCCCC1)C(=S)NCc1ccc(Oc2ccccc2)nc1)[C@@H]1CSCN1. The number of nitrogens with one attached hydrogen (secondary N) is 3. The summed E-state index contributed by atoms with van der Waals surface area (Å²) in [6, 6.07) is 13.2. The van der Waals surface area contributed by atoms with E-state index in [0.717, 1.165) is 41.7 Å². The molecule has 2 fully saturated rings. The summed E-state index contributed by atoms with van der Waals surface area (Å²) < 4.78 is 5.77. The molecular weight excluding hydrogens is 464 g/mol. The van der Waals surface area contributed by atoms with E-state index in [9.17, 15) is 4.79 Å². The van der Waals surface area contributed by atoms with E-state index in [-0.39, 0.29) is 18.0 Å². The van der Waals surface area contributed by atoms with Crippen LogP contribution in [-0.2, 0) is 11.3 Å². The van der Waals surface area contributed by atoms with Crippen molar-refractivity contribution in [1.29, 1.82) is 0 Å². The van der Waals surface area contributed by atoms with Gasteiger partial charge in [0.1, 0.15) is 5.75 Å². The number of nitrogens with zero attached hydrogens (tertiary/aromatic N) is 1. The topological polar surface area (TPSA) is 75.3 Å². The zero-order valence-corrected chi connectivity index (χ0v) is 21.1. The van der Waals surface area contributed by atoms with Crippen molar-refractivity contribution < 1.29 is 9.53 Å². The van der Waals surface area contributed by atoms with Crippen molar-refractivity contribution in [3.05, 3.63) is 54.2 Å². The lowest BCUT2D eigenvalue weighted by molar-refractivity contribution is -0.122. The van der Waals surface area contributed by atoms with Gasteiger partial charge >= 0.3 is 0 Å². The summed E-state index contributed by atoms with van der Waals surface area (Å²) in [6.07, 6.45) is 10.4. The fraction of sp³-hybridized carbons (Fsp3) is 0.500.